The van der Waals surface area contributed by atoms with Crippen LogP contribution < -0.4 is 21.5 Å². The van der Waals surface area contributed by atoms with Gasteiger partial charge in [0, 0.05) is 12.2 Å². The van der Waals surface area contributed by atoms with Crippen LogP contribution in [0.1, 0.15) is 45.1 Å². The van der Waals surface area contributed by atoms with Gasteiger partial charge in [-0.15, -0.1) is 0 Å². The Bertz CT molecular complexity index is 551. The minimum absolute atomic E-state index is 0.273. The maximum atomic E-state index is 13.5. The third-order valence-electron chi connectivity index (χ3n) is 3.63. The number of rotatable bonds is 7. The smallest absolute Gasteiger partial charge is 0.189 e. The second kappa shape index (κ2) is 11.1. The Kier molecular flexibility index (Phi) is 9.56. The van der Waals surface area contributed by atoms with Crippen LogP contribution in [0.25, 0.3) is 0 Å². The first-order chi connectivity index (χ1) is 11.4. The Labute approximate surface area is 154 Å². The Balaban J connectivity index is 2.23. The fourth-order valence-corrected chi connectivity index (χ4v) is 2.41. The lowest BCUT2D eigenvalue weighted by Crippen LogP contribution is -2.48. The summed E-state index contributed by atoms with van der Waals surface area (Å²) in [6, 6.07) is 4.86. The van der Waals surface area contributed by atoms with Crippen molar-refractivity contribution in [3.05, 3.63) is 29.6 Å². The summed E-state index contributed by atoms with van der Waals surface area (Å²) in [6.45, 7) is 6.94. The summed E-state index contributed by atoms with van der Waals surface area (Å²) in [5.74, 6) is 0.293. The molecule has 0 aliphatic carbocycles. The fraction of sp³-hybridized carbons (Fsp3) is 0.529. The van der Waals surface area contributed by atoms with Crippen LogP contribution in [0.2, 0.25) is 0 Å². The van der Waals surface area contributed by atoms with Crippen LogP contribution in [-0.4, -0.2) is 16.8 Å². The summed E-state index contributed by atoms with van der Waals surface area (Å²) in [5, 5.41) is 6.85. The quantitative estimate of drug-likeness (QED) is 0.330. The number of thiocarbonyl (C=S) groups is 2. The standard InChI is InChI=1S/C17H27FN4S2/c1-4-5-6-7-12(2)11-19-16(23)21-22-17(24)20-14-9-8-13(3)15(18)10-14/h8-10,12H,4-7,11H2,1-3H3,(H2,19,21,23)(H2,20,22,24)/t12-/m1/s1. The molecule has 0 heterocycles. The van der Waals surface area contributed by atoms with E-state index in [1.807, 2.05) is 0 Å². The summed E-state index contributed by atoms with van der Waals surface area (Å²) < 4.78 is 13.5. The lowest BCUT2D eigenvalue weighted by Gasteiger charge is -2.17. The predicted octanol–water partition coefficient (Wildman–Crippen LogP) is 4.02. The normalized spacial score (nSPS) is 11.5. The number of anilines is 1. The number of hydrazine groups is 1. The van der Waals surface area contributed by atoms with Crippen molar-refractivity contribution in [2.45, 2.75) is 46.5 Å². The SMILES string of the molecule is CCCCC[C@@H](C)CNC(=S)NNC(=S)Nc1ccc(C)c(F)c1. The van der Waals surface area contributed by atoms with Crippen molar-refractivity contribution < 1.29 is 4.39 Å². The van der Waals surface area contributed by atoms with Gasteiger partial charge in [0.25, 0.3) is 0 Å². The maximum Gasteiger partial charge on any atom is 0.189 e. The Morgan fingerprint density at radius 2 is 1.88 bits per heavy atom. The predicted molar refractivity (Wildman–Crippen MR) is 108 cm³/mol. The van der Waals surface area contributed by atoms with Crippen molar-refractivity contribution in [3.8, 4) is 0 Å². The van der Waals surface area contributed by atoms with E-state index < -0.39 is 0 Å². The molecule has 0 saturated carbocycles. The number of benzene rings is 1. The summed E-state index contributed by atoms with van der Waals surface area (Å²) in [4.78, 5) is 0. The fourth-order valence-electron chi connectivity index (χ4n) is 2.10. The number of aryl methyl sites for hydroxylation is 1. The molecule has 4 nitrogen and oxygen atoms in total. The first-order valence-corrected chi connectivity index (χ1v) is 9.11. The van der Waals surface area contributed by atoms with Crippen molar-refractivity contribution in [2.75, 3.05) is 11.9 Å². The van der Waals surface area contributed by atoms with E-state index >= 15 is 0 Å². The summed E-state index contributed by atoms with van der Waals surface area (Å²) in [6.07, 6.45) is 4.95. The number of halogens is 1. The van der Waals surface area contributed by atoms with Gasteiger partial charge in [0.1, 0.15) is 5.82 Å². The minimum atomic E-state index is -0.273. The van der Waals surface area contributed by atoms with Crippen LogP contribution in [0.15, 0.2) is 18.2 Å². The zero-order valence-corrected chi connectivity index (χ0v) is 16.2. The lowest BCUT2D eigenvalue weighted by atomic mass is 10.0. The number of hydrogen-bond donors (Lipinski definition) is 4. The molecule has 0 aliphatic heterocycles. The van der Waals surface area contributed by atoms with E-state index in [2.05, 4.69) is 35.3 Å². The highest BCUT2D eigenvalue weighted by Gasteiger charge is 2.04. The molecule has 1 rings (SSSR count). The number of unbranched alkanes of at least 4 members (excludes halogenated alkanes) is 2. The molecule has 7 heteroatoms. The monoisotopic (exact) mass is 370 g/mol. The first kappa shape index (κ1) is 20.6. The van der Waals surface area contributed by atoms with E-state index in [-0.39, 0.29) is 5.82 Å². The molecule has 1 aromatic rings. The average molecular weight is 371 g/mol. The highest BCUT2D eigenvalue weighted by Crippen LogP contribution is 2.13. The second-order valence-electron chi connectivity index (χ2n) is 5.98. The van der Waals surface area contributed by atoms with Gasteiger partial charge in [0.15, 0.2) is 10.2 Å². The average Bonchev–Trinajstić information content (AvgIpc) is 2.54. The molecule has 0 amide bonds. The molecule has 0 radical (unpaired) electrons. The molecule has 0 bridgehead atoms. The van der Waals surface area contributed by atoms with Gasteiger partial charge < -0.3 is 10.6 Å². The van der Waals surface area contributed by atoms with Gasteiger partial charge in [-0.1, -0.05) is 39.2 Å². The molecule has 0 fully saturated rings. The molecular formula is C17H27FN4S2. The minimum Gasteiger partial charge on any atom is -0.361 e. The van der Waals surface area contributed by atoms with E-state index in [1.165, 1.54) is 31.7 Å². The third kappa shape index (κ3) is 8.40. The third-order valence-corrected chi connectivity index (χ3v) is 4.08. The molecule has 1 aromatic carbocycles. The molecule has 0 aromatic heterocycles. The van der Waals surface area contributed by atoms with Crippen molar-refractivity contribution in [2.24, 2.45) is 5.92 Å². The van der Waals surface area contributed by atoms with Crippen molar-refractivity contribution in [3.63, 3.8) is 0 Å². The highest BCUT2D eigenvalue weighted by atomic mass is 32.1. The van der Waals surface area contributed by atoms with Crippen LogP contribution in [0.4, 0.5) is 10.1 Å². The van der Waals surface area contributed by atoms with Crippen LogP contribution >= 0.6 is 24.4 Å². The van der Waals surface area contributed by atoms with Crippen LogP contribution in [0, 0.1) is 18.7 Å². The van der Waals surface area contributed by atoms with Gasteiger partial charge in [-0.2, -0.15) is 0 Å². The van der Waals surface area contributed by atoms with Gasteiger partial charge in [0.05, 0.1) is 0 Å². The number of hydrogen-bond acceptors (Lipinski definition) is 2. The van der Waals surface area contributed by atoms with E-state index in [9.17, 15) is 4.39 Å². The highest BCUT2D eigenvalue weighted by molar-refractivity contribution is 7.80. The lowest BCUT2D eigenvalue weighted by molar-refractivity contribution is 0.486. The summed E-state index contributed by atoms with van der Waals surface area (Å²) in [7, 11) is 0. The zero-order valence-electron chi connectivity index (χ0n) is 14.5. The van der Waals surface area contributed by atoms with Crippen molar-refractivity contribution >= 4 is 40.3 Å². The molecule has 4 N–H and O–H groups in total. The summed E-state index contributed by atoms with van der Waals surface area (Å²) in [5.41, 5.74) is 6.79. The maximum absolute atomic E-state index is 13.5. The molecule has 0 unspecified atom stereocenters. The van der Waals surface area contributed by atoms with Gasteiger partial charge in [-0.05, 0) is 61.4 Å². The molecule has 0 aliphatic rings. The molecule has 1 atom stereocenters. The Morgan fingerprint density at radius 1 is 1.17 bits per heavy atom. The zero-order chi connectivity index (χ0) is 17.9. The van der Waals surface area contributed by atoms with E-state index in [4.69, 9.17) is 24.4 Å². The first-order valence-electron chi connectivity index (χ1n) is 8.29. The molecule has 134 valence electrons. The molecule has 24 heavy (non-hydrogen) atoms. The Morgan fingerprint density at radius 3 is 2.54 bits per heavy atom. The molecule has 0 saturated heterocycles. The van der Waals surface area contributed by atoms with E-state index in [0.29, 0.717) is 27.4 Å². The van der Waals surface area contributed by atoms with Gasteiger partial charge in [-0.3, -0.25) is 10.9 Å². The largest absolute Gasteiger partial charge is 0.361 e. The van der Waals surface area contributed by atoms with E-state index in [1.54, 1.807) is 19.1 Å². The Hall–Kier alpha value is -1.47. The van der Waals surface area contributed by atoms with Crippen molar-refractivity contribution in [1.29, 1.82) is 0 Å². The van der Waals surface area contributed by atoms with Crippen LogP contribution in [-0.2, 0) is 0 Å². The van der Waals surface area contributed by atoms with E-state index in [0.717, 1.165) is 6.54 Å². The van der Waals surface area contributed by atoms with Gasteiger partial charge >= 0.3 is 0 Å². The second-order valence-corrected chi connectivity index (χ2v) is 6.80. The molecular weight excluding hydrogens is 343 g/mol. The van der Waals surface area contributed by atoms with Gasteiger partial charge in [0.2, 0.25) is 0 Å². The van der Waals surface area contributed by atoms with Crippen LogP contribution in [0.3, 0.4) is 0 Å². The van der Waals surface area contributed by atoms with Gasteiger partial charge in [-0.25, -0.2) is 4.39 Å². The molecule has 0 spiro atoms. The number of nitrogens with one attached hydrogen (secondary N) is 4. The van der Waals surface area contributed by atoms with Crippen molar-refractivity contribution in [1.82, 2.24) is 16.2 Å². The summed E-state index contributed by atoms with van der Waals surface area (Å²) >= 11 is 10.3. The van der Waals surface area contributed by atoms with Crippen LogP contribution in [0.5, 0.6) is 0 Å². The topological polar surface area (TPSA) is 48.1 Å².